The summed E-state index contributed by atoms with van der Waals surface area (Å²) in [6, 6.07) is 2.99. The molecule has 97 heavy (non-hydrogen) atoms. The predicted octanol–water partition coefficient (Wildman–Crippen LogP) is -0.663. The standard InChI is InChI=1S/C30H36N6O7S.C27H52N8O15S2.In/c1-5-6-11-43-21-12-18(2)27(19(3)13-21)44(41,42)35-24(29(39)40)16-33-28(38)23-17-36(4)25-14-20(7-8-22(25)26(23)37)15-34-30-31-9-10-32-30;1-19(36)13-32-5-9-34(15-24(39)40)11-7-33(8-12-35(10-6-32)16-25(41)42)14-23(38)30-22(18-52(48,49)50)27(44)31-21(17-51(45,46)47)26(43)29-4-3-28-20(2)37;/h7-10,12-14,17,24,35H,5-6,11,15-16H2,1-4H3,(H,33,38)(H,39,40)(H2,31,32,34);21-22,36,45-50H,1,3-18H2,2H3,(H,28,37)(H,29,43)(H,30,38)(H,31,44)(H,39,40)(H,41,42);/q;;+3/p-3/t;21-,22-;/m.0./s1. The first kappa shape index (κ1) is 78.8. The number of aromatic nitrogens is 3. The van der Waals surface area contributed by atoms with Gasteiger partial charge in [0, 0.05) is 64.1 Å². The summed E-state index contributed by atoms with van der Waals surface area (Å²) in [5.41, 5.74) is 1.49. The molecule has 15 N–H and O–H groups in total. The number of rotatable bonds is 27. The fraction of sp³-hybridized carbons (Fsp3) is 0.509. The van der Waals surface area contributed by atoms with E-state index in [4.69, 9.17) is 13.3 Å². The fourth-order valence-electron chi connectivity index (χ4n) is 10.3. The number of pyridine rings is 1. The predicted molar refractivity (Wildman–Crippen MR) is 356 cm³/mol. The maximum absolute atomic E-state index is 13.4. The van der Waals surface area contributed by atoms with Gasteiger partial charge in [-0.3, -0.25) is 28.8 Å². The number of carbonyl (C=O) groups is 8. The molecular formula is C57H85InN14O22S3. The van der Waals surface area contributed by atoms with Gasteiger partial charge in [0.15, 0.2) is 5.95 Å². The largest absolute Gasteiger partial charge is 0.494 e. The Hall–Kier alpha value is -7.16. The maximum Gasteiger partial charge on any atom is 0.323 e. The Balaban J connectivity index is 0.000000311. The monoisotopic (exact) mass is 1530 g/mol. The number of amides is 5. The molecule has 40 heteroatoms. The minimum Gasteiger partial charge on any atom is -0.494 e. The van der Waals surface area contributed by atoms with Crippen LogP contribution in [0.5, 0.6) is 5.75 Å². The van der Waals surface area contributed by atoms with Gasteiger partial charge in [0.05, 0.1) is 44.5 Å². The molecule has 3 aliphatic rings. The van der Waals surface area contributed by atoms with Crippen molar-refractivity contribution in [1.29, 1.82) is 0 Å². The molecule has 2 aromatic heterocycles. The molecule has 0 spiro atoms. The maximum atomic E-state index is 13.4. The zero-order valence-electron chi connectivity index (χ0n) is 54.1. The van der Waals surface area contributed by atoms with Crippen molar-refractivity contribution in [3.63, 3.8) is 0 Å². The molecule has 5 atom stereocenters. The first-order chi connectivity index (χ1) is 45.6. The number of carboxylic acids is 1. The van der Waals surface area contributed by atoms with Crippen LogP contribution in [0, 0.1) is 13.8 Å². The van der Waals surface area contributed by atoms with Crippen LogP contribution in [-0.2, 0) is 65.7 Å². The normalized spacial score (nSPS) is 18.6. The van der Waals surface area contributed by atoms with Crippen molar-refractivity contribution in [2.24, 2.45) is 7.05 Å². The molecule has 3 unspecified atom stereocenters. The Morgan fingerprint density at radius 2 is 1.34 bits per heavy atom. The molecule has 7 rings (SSSR count). The number of H-pyrrole nitrogens is 1. The third-order valence-electron chi connectivity index (χ3n) is 15.0. The van der Waals surface area contributed by atoms with Gasteiger partial charge in [0.2, 0.25) is 27.3 Å². The van der Waals surface area contributed by atoms with Crippen molar-refractivity contribution in [2.75, 3.05) is 122 Å². The Bertz CT molecular complexity index is 3580. The average Bonchev–Trinajstić information content (AvgIpc) is 0.968. The second-order valence-electron chi connectivity index (χ2n) is 23.0. The topological polar surface area (TPSA) is 497 Å². The number of benzene rings is 2. The number of hydrogen-bond acceptors (Lipinski definition) is 27. The number of carboxylic acid groups (broad SMARTS) is 1. The van der Waals surface area contributed by atoms with Gasteiger partial charge in [-0.2, -0.15) is 4.72 Å². The number of aliphatic carboxylic acids is 1. The van der Waals surface area contributed by atoms with Crippen LogP contribution < -0.4 is 46.8 Å². The molecule has 5 amide bonds. The van der Waals surface area contributed by atoms with E-state index in [0.29, 0.717) is 85.4 Å². The van der Waals surface area contributed by atoms with E-state index in [0.717, 1.165) is 18.4 Å². The van der Waals surface area contributed by atoms with E-state index < -0.39 is 144 Å². The first-order valence-corrected chi connectivity index (χ1v) is 39.4. The molecule has 536 valence electrons. The number of unbranched alkanes of at least 4 members (excludes halogenated alkanes) is 1. The zero-order chi connectivity index (χ0) is 71.4. The second kappa shape index (κ2) is 36.6. The summed E-state index contributed by atoms with van der Waals surface area (Å²) in [6.45, 7) is 13.1. The molecule has 0 radical (unpaired) electrons. The summed E-state index contributed by atoms with van der Waals surface area (Å²) in [5.74, 6) is -7.81. The molecule has 3 fully saturated rings. The molecular weight excluding hydrogens is 1440 g/mol. The quantitative estimate of drug-likeness (QED) is 0.0329. The van der Waals surface area contributed by atoms with Gasteiger partial charge >= 0.3 is 203 Å². The van der Waals surface area contributed by atoms with Gasteiger partial charge in [-0.15, -0.1) is 0 Å². The number of anilines is 1. The fourth-order valence-corrected chi connectivity index (χ4v) is 16.3. The van der Waals surface area contributed by atoms with Crippen LogP contribution in [0.4, 0.5) is 5.95 Å². The van der Waals surface area contributed by atoms with E-state index in [9.17, 15) is 84.0 Å². The number of imidazole rings is 1. The SMILES string of the molecule is C=C1CN2CCN3CCN(CC(=O)N[C@@H](CS(O)(O)O)C(=O)N[C@@H](CS(O)(O)O)C(=O)NCCNC(C)=O)CCN(CC2)CC(=O)[O][In]([O]1)[O]C(=O)C3.CCCCOc1cc(C)c(S(=O)(=O)NC(CNC(=O)c2cn(C)c3cc(CNc4ncc[nH]4)ccc3c2=O)C(=O)O)c(C)c1. The minimum absolute atomic E-state index is 0.0201. The van der Waals surface area contributed by atoms with Crippen molar-refractivity contribution in [2.45, 2.75) is 70.1 Å². The Morgan fingerprint density at radius 3 is 1.90 bits per heavy atom. The van der Waals surface area contributed by atoms with E-state index in [1.165, 1.54) is 13.1 Å². The van der Waals surface area contributed by atoms with Crippen molar-refractivity contribution < 1.29 is 92.5 Å². The number of aromatic amines is 1. The van der Waals surface area contributed by atoms with Gasteiger partial charge in [-0.1, -0.05) is 19.4 Å². The number of carbonyl (C=O) groups excluding carboxylic acids is 7. The third-order valence-corrected chi connectivity index (χ3v) is 22.4. The Kier molecular flexibility index (Phi) is 29.8. The van der Waals surface area contributed by atoms with Gasteiger partial charge in [0.1, 0.15) is 23.4 Å². The van der Waals surface area contributed by atoms with E-state index >= 15 is 0 Å². The first-order valence-electron chi connectivity index (χ1n) is 30.5. The molecule has 2 aromatic carbocycles. The summed E-state index contributed by atoms with van der Waals surface area (Å²) >= 11 is -4.08. The average molecular weight is 1530 g/mol. The molecule has 0 saturated carbocycles. The molecule has 0 aliphatic carbocycles. The zero-order valence-corrected chi connectivity index (χ0v) is 59.9. The van der Waals surface area contributed by atoms with Crippen molar-refractivity contribution in [1.82, 2.24) is 65.4 Å². The Morgan fingerprint density at radius 1 is 0.763 bits per heavy atom. The van der Waals surface area contributed by atoms with Crippen LogP contribution in [0.3, 0.4) is 0 Å². The van der Waals surface area contributed by atoms with Gasteiger partial charge < -0.3 is 73.3 Å². The minimum atomic E-state index is -4.42. The van der Waals surface area contributed by atoms with Crippen LogP contribution in [-0.4, -0.2) is 280 Å². The smallest absolute Gasteiger partial charge is 0.323 e. The summed E-state index contributed by atoms with van der Waals surface area (Å²) in [4.78, 5) is 129. The summed E-state index contributed by atoms with van der Waals surface area (Å²) in [7, 11) is -11.4. The van der Waals surface area contributed by atoms with Crippen LogP contribution in [0.25, 0.3) is 10.9 Å². The van der Waals surface area contributed by atoms with Gasteiger partial charge in [-0.05, 0) is 61.2 Å². The second-order valence-corrected chi connectivity index (χ2v) is 31.5. The molecule has 3 aliphatic heterocycles. The van der Waals surface area contributed by atoms with Crippen molar-refractivity contribution in [3.8, 4) is 5.75 Å². The summed E-state index contributed by atoms with van der Waals surface area (Å²) < 4.78 is 111. The number of sulfonamides is 1. The number of nitrogens with zero attached hydrogens (tertiary/aromatic N) is 6. The van der Waals surface area contributed by atoms with E-state index in [1.54, 1.807) is 67.0 Å². The molecule has 36 nitrogen and oxygen atoms in total. The summed E-state index contributed by atoms with van der Waals surface area (Å²) in [5, 5.41) is 24.8. The molecule has 3 saturated heterocycles. The van der Waals surface area contributed by atoms with E-state index in [-0.39, 0.29) is 69.4 Å². The van der Waals surface area contributed by atoms with Crippen LogP contribution >= 0.6 is 21.7 Å². The van der Waals surface area contributed by atoms with E-state index in [2.05, 4.69) is 58.1 Å². The molecule has 4 bridgehead atoms. The van der Waals surface area contributed by atoms with Crippen LogP contribution in [0.2, 0.25) is 0 Å². The van der Waals surface area contributed by atoms with Crippen molar-refractivity contribution in [3.05, 3.63) is 93.7 Å². The van der Waals surface area contributed by atoms with Crippen LogP contribution in [0.1, 0.15) is 53.7 Å². The van der Waals surface area contributed by atoms with Crippen molar-refractivity contribution >= 4 is 119 Å². The molecule has 4 aromatic rings. The van der Waals surface area contributed by atoms with Gasteiger partial charge in [-0.25, -0.2) is 13.4 Å². The molecule has 5 heterocycles. The number of hydrogen-bond donors (Lipinski definition) is 15. The summed E-state index contributed by atoms with van der Waals surface area (Å²) in [6.07, 6.45) is 6.48. The third kappa shape index (κ3) is 26.2. The van der Waals surface area contributed by atoms with Gasteiger partial charge in [0.25, 0.3) is 5.91 Å². The van der Waals surface area contributed by atoms with Crippen LogP contribution in [0.15, 0.2) is 71.0 Å². The number of nitrogens with one attached hydrogen (secondary N) is 8. The number of ether oxygens (including phenoxy) is 1. The Labute approximate surface area is 571 Å². The number of aryl methyl sites for hydroxylation is 3. The van der Waals surface area contributed by atoms with E-state index in [1.807, 2.05) is 22.8 Å². The number of fused-ring (bicyclic) bond motifs is 8.